The summed E-state index contributed by atoms with van der Waals surface area (Å²) in [5.41, 5.74) is 3.74. The van der Waals surface area contributed by atoms with Gasteiger partial charge in [0.1, 0.15) is 5.75 Å². The lowest BCUT2D eigenvalue weighted by atomic mass is 9.95. The molecule has 3 rings (SSSR count). The molecule has 166 valence electrons. The van der Waals surface area contributed by atoms with Crippen LogP contribution < -0.4 is 15.4 Å². The smallest absolute Gasteiger partial charge is 0.265 e. The molecule has 31 heavy (non-hydrogen) atoms. The molecule has 1 atom stereocenters. The highest BCUT2D eigenvalue weighted by atomic mass is 16.5. The van der Waals surface area contributed by atoms with Crippen LogP contribution in [-0.4, -0.2) is 24.0 Å². The average molecular weight is 423 g/mol. The number of nitrogens with one attached hydrogen (secondary N) is 2. The van der Waals surface area contributed by atoms with Crippen LogP contribution in [0.4, 0.5) is 5.69 Å². The Morgan fingerprint density at radius 3 is 2.16 bits per heavy atom. The second-order valence-corrected chi connectivity index (χ2v) is 8.24. The summed E-state index contributed by atoms with van der Waals surface area (Å²) in [6, 6.07) is 13.4. The van der Waals surface area contributed by atoms with E-state index in [-0.39, 0.29) is 17.9 Å². The van der Waals surface area contributed by atoms with E-state index < -0.39 is 6.10 Å². The second-order valence-electron chi connectivity index (χ2n) is 8.24. The van der Waals surface area contributed by atoms with E-state index in [1.165, 1.54) is 19.3 Å². The minimum atomic E-state index is -0.656. The largest absolute Gasteiger partial charge is 0.481 e. The summed E-state index contributed by atoms with van der Waals surface area (Å²) in [5, 5.41) is 6.17. The lowest BCUT2D eigenvalue weighted by Crippen LogP contribution is -2.36. The molecule has 0 aliphatic heterocycles. The Hall–Kier alpha value is -2.82. The van der Waals surface area contributed by atoms with Crippen molar-refractivity contribution in [3.63, 3.8) is 0 Å². The number of hydrogen-bond donors (Lipinski definition) is 2. The number of rotatable bonds is 8. The first-order chi connectivity index (χ1) is 15.0. The molecule has 0 aromatic heterocycles. The minimum absolute atomic E-state index is 0.0486. The van der Waals surface area contributed by atoms with Crippen molar-refractivity contribution in [3.05, 3.63) is 59.2 Å². The van der Waals surface area contributed by atoms with Crippen LogP contribution in [0.1, 0.15) is 74.4 Å². The van der Waals surface area contributed by atoms with E-state index in [1.807, 2.05) is 18.2 Å². The van der Waals surface area contributed by atoms with Crippen molar-refractivity contribution in [2.45, 2.75) is 77.9 Å². The summed E-state index contributed by atoms with van der Waals surface area (Å²) in [5.74, 6) is 0.332. The van der Waals surface area contributed by atoms with Gasteiger partial charge in [-0.1, -0.05) is 51.3 Å². The van der Waals surface area contributed by atoms with Crippen LogP contribution in [0, 0.1) is 0 Å². The van der Waals surface area contributed by atoms with Crippen LogP contribution in [0.15, 0.2) is 42.5 Å². The Morgan fingerprint density at radius 2 is 1.58 bits per heavy atom. The third-order valence-electron chi connectivity index (χ3n) is 5.99. The predicted octanol–water partition coefficient (Wildman–Crippen LogP) is 5.28. The van der Waals surface area contributed by atoms with Crippen LogP contribution in [0.2, 0.25) is 0 Å². The van der Waals surface area contributed by atoms with Gasteiger partial charge in [0.25, 0.3) is 11.8 Å². The lowest BCUT2D eigenvalue weighted by Gasteiger charge is -2.22. The Labute approximate surface area is 185 Å². The number of hydrogen-bond acceptors (Lipinski definition) is 3. The van der Waals surface area contributed by atoms with Crippen molar-refractivity contribution >= 4 is 17.5 Å². The lowest BCUT2D eigenvalue weighted by molar-refractivity contribution is -0.122. The van der Waals surface area contributed by atoms with E-state index in [0.29, 0.717) is 11.3 Å². The number of carbonyl (C=O) groups is 2. The van der Waals surface area contributed by atoms with Crippen LogP contribution in [0.25, 0.3) is 0 Å². The standard InChI is InChI=1S/C26H34N2O3/c1-4-19-10-9-11-20(5-2)24(19)28-25(29)18(3)31-23-16-14-21(15-17-23)26(30)27-22-12-7-6-8-13-22/h9-11,14-18,22H,4-8,12-13H2,1-3H3,(H,27,30)(H,28,29)/t18-/m1/s1. The van der Waals surface area contributed by atoms with Gasteiger partial charge in [-0.15, -0.1) is 0 Å². The first-order valence-corrected chi connectivity index (χ1v) is 11.5. The molecule has 1 aliphatic carbocycles. The average Bonchev–Trinajstić information content (AvgIpc) is 2.80. The van der Waals surface area contributed by atoms with Gasteiger partial charge in [0.2, 0.25) is 0 Å². The second kappa shape index (κ2) is 11.0. The molecule has 0 saturated heterocycles. The number of aryl methyl sites for hydroxylation is 2. The fourth-order valence-electron chi connectivity index (χ4n) is 4.09. The summed E-state index contributed by atoms with van der Waals surface area (Å²) in [4.78, 5) is 25.2. The van der Waals surface area contributed by atoms with Crippen LogP contribution in [0.5, 0.6) is 5.75 Å². The van der Waals surface area contributed by atoms with Crippen molar-refractivity contribution in [1.29, 1.82) is 0 Å². The van der Waals surface area contributed by atoms with Gasteiger partial charge in [0.15, 0.2) is 6.10 Å². The van der Waals surface area contributed by atoms with Gasteiger partial charge in [-0.05, 0) is 68.0 Å². The van der Waals surface area contributed by atoms with E-state index in [9.17, 15) is 9.59 Å². The SMILES string of the molecule is CCc1cccc(CC)c1NC(=O)[C@@H](C)Oc1ccc(C(=O)NC2CCCCC2)cc1. The Bertz CT molecular complexity index is 864. The summed E-state index contributed by atoms with van der Waals surface area (Å²) in [6.07, 6.45) is 6.78. The maximum atomic E-state index is 12.7. The van der Waals surface area contributed by atoms with E-state index in [2.05, 4.69) is 24.5 Å². The van der Waals surface area contributed by atoms with Crippen LogP contribution in [-0.2, 0) is 17.6 Å². The maximum absolute atomic E-state index is 12.7. The summed E-state index contributed by atoms with van der Waals surface area (Å²) < 4.78 is 5.84. The highest BCUT2D eigenvalue weighted by molar-refractivity contribution is 5.96. The molecule has 2 amide bonds. The van der Waals surface area contributed by atoms with Gasteiger partial charge >= 0.3 is 0 Å². The van der Waals surface area contributed by atoms with E-state index >= 15 is 0 Å². The molecular formula is C26H34N2O3. The van der Waals surface area contributed by atoms with Crippen molar-refractivity contribution < 1.29 is 14.3 Å². The molecule has 1 aliphatic rings. The van der Waals surface area contributed by atoms with Gasteiger partial charge in [-0.2, -0.15) is 0 Å². The number of benzene rings is 2. The van der Waals surface area contributed by atoms with Gasteiger partial charge in [0.05, 0.1) is 0 Å². The zero-order valence-electron chi connectivity index (χ0n) is 18.9. The van der Waals surface area contributed by atoms with E-state index in [1.54, 1.807) is 31.2 Å². The molecule has 2 aromatic rings. The predicted molar refractivity (Wildman–Crippen MR) is 125 cm³/mol. The first kappa shape index (κ1) is 22.9. The summed E-state index contributed by atoms with van der Waals surface area (Å²) >= 11 is 0. The zero-order valence-corrected chi connectivity index (χ0v) is 18.9. The molecule has 2 aromatic carbocycles. The van der Waals surface area contributed by atoms with E-state index in [4.69, 9.17) is 4.74 Å². The van der Waals surface area contributed by atoms with Gasteiger partial charge < -0.3 is 15.4 Å². The number of anilines is 1. The number of carbonyl (C=O) groups excluding carboxylic acids is 2. The molecule has 5 nitrogen and oxygen atoms in total. The minimum Gasteiger partial charge on any atom is -0.481 e. The topological polar surface area (TPSA) is 67.4 Å². The Kier molecular flexibility index (Phi) is 8.10. The van der Waals surface area contributed by atoms with Gasteiger partial charge in [-0.3, -0.25) is 9.59 Å². The third-order valence-corrected chi connectivity index (χ3v) is 5.99. The summed E-state index contributed by atoms with van der Waals surface area (Å²) in [6.45, 7) is 5.89. The zero-order chi connectivity index (χ0) is 22.2. The molecule has 0 unspecified atom stereocenters. The molecule has 1 fully saturated rings. The molecule has 0 spiro atoms. The fourth-order valence-corrected chi connectivity index (χ4v) is 4.09. The molecule has 0 heterocycles. The molecule has 0 bridgehead atoms. The van der Waals surface area contributed by atoms with Crippen molar-refractivity contribution in [1.82, 2.24) is 5.32 Å². The highest BCUT2D eigenvalue weighted by Crippen LogP contribution is 2.23. The van der Waals surface area contributed by atoms with E-state index in [0.717, 1.165) is 42.5 Å². The Morgan fingerprint density at radius 1 is 0.968 bits per heavy atom. The summed E-state index contributed by atoms with van der Waals surface area (Å²) in [7, 11) is 0. The van der Waals surface area contributed by atoms with Crippen molar-refractivity contribution in [2.24, 2.45) is 0 Å². The van der Waals surface area contributed by atoms with Crippen molar-refractivity contribution in [2.75, 3.05) is 5.32 Å². The first-order valence-electron chi connectivity index (χ1n) is 11.5. The molecule has 0 radical (unpaired) electrons. The molecule has 5 heteroatoms. The number of para-hydroxylation sites is 1. The number of amides is 2. The van der Waals surface area contributed by atoms with Gasteiger partial charge in [-0.25, -0.2) is 0 Å². The quantitative estimate of drug-likeness (QED) is 0.608. The molecule has 2 N–H and O–H groups in total. The normalized spacial score (nSPS) is 15.2. The van der Waals surface area contributed by atoms with Crippen LogP contribution >= 0.6 is 0 Å². The molecular weight excluding hydrogens is 388 g/mol. The van der Waals surface area contributed by atoms with Gasteiger partial charge in [0, 0.05) is 17.3 Å². The maximum Gasteiger partial charge on any atom is 0.265 e. The molecule has 1 saturated carbocycles. The third kappa shape index (κ3) is 6.09. The Balaban J connectivity index is 1.58. The monoisotopic (exact) mass is 422 g/mol. The van der Waals surface area contributed by atoms with Crippen molar-refractivity contribution in [3.8, 4) is 5.75 Å². The number of ether oxygens (including phenoxy) is 1. The van der Waals surface area contributed by atoms with Crippen LogP contribution in [0.3, 0.4) is 0 Å². The highest BCUT2D eigenvalue weighted by Gasteiger charge is 2.19. The fraction of sp³-hybridized carbons (Fsp3) is 0.462.